The number of nitrogens with zero attached hydrogens (tertiary/aromatic N) is 2. The maximum Gasteiger partial charge on any atom is 0.293 e. The van der Waals surface area contributed by atoms with Crippen molar-refractivity contribution in [2.45, 2.75) is 6.92 Å². The third kappa shape index (κ3) is 2.20. The molecule has 18 heavy (non-hydrogen) atoms. The second kappa shape index (κ2) is 4.67. The zero-order chi connectivity index (χ0) is 13.1. The lowest BCUT2D eigenvalue weighted by atomic mass is 10.2. The molecule has 0 aliphatic carbocycles. The van der Waals surface area contributed by atoms with Crippen molar-refractivity contribution in [3.8, 4) is 6.07 Å². The van der Waals surface area contributed by atoms with Crippen LogP contribution in [0.4, 0.5) is 10.1 Å². The number of benzene rings is 1. The Morgan fingerprint density at radius 3 is 2.89 bits per heavy atom. The first-order valence-electron chi connectivity index (χ1n) is 5.03. The fourth-order valence-corrected chi connectivity index (χ4v) is 1.38. The molecule has 0 unspecified atom stereocenters. The summed E-state index contributed by atoms with van der Waals surface area (Å²) in [6.07, 6.45) is 1.14. The van der Waals surface area contributed by atoms with Crippen LogP contribution in [0.5, 0.6) is 0 Å². The van der Waals surface area contributed by atoms with E-state index in [4.69, 9.17) is 9.68 Å². The fourth-order valence-electron chi connectivity index (χ4n) is 1.38. The Labute approximate surface area is 102 Å². The van der Waals surface area contributed by atoms with Gasteiger partial charge in [-0.2, -0.15) is 5.26 Å². The van der Waals surface area contributed by atoms with Crippen molar-refractivity contribution in [3.63, 3.8) is 0 Å². The van der Waals surface area contributed by atoms with E-state index < -0.39 is 11.7 Å². The minimum atomic E-state index is -0.681. The molecule has 0 saturated carbocycles. The van der Waals surface area contributed by atoms with E-state index in [9.17, 15) is 9.18 Å². The molecular formula is C12H8FN3O2. The summed E-state index contributed by atoms with van der Waals surface area (Å²) >= 11 is 0. The molecule has 5 nitrogen and oxygen atoms in total. The summed E-state index contributed by atoms with van der Waals surface area (Å²) in [6.45, 7) is 1.60. The number of hydrogen-bond donors (Lipinski definition) is 1. The average Bonchev–Trinajstić information content (AvgIpc) is 2.78. The monoisotopic (exact) mass is 245 g/mol. The molecular weight excluding hydrogens is 237 g/mol. The van der Waals surface area contributed by atoms with E-state index in [2.05, 4.69) is 10.3 Å². The molecule has 1 aromatic carbocycles. The van der Waals surface area contributed by atoms with Gasteiger partial charge in [-0.05, 0) is 25.1 Å². The zero-order valence-electron chi connectivity index (χ0n) is 9.40. The second-order valence-corrected chi connectivity index (χ2v) is 3.53. The Kier molecular flexibility index (Phi) is 3.06. The van der Waals surface area contributed by atoms with E-state index in [1.807, 2.05) is 0 Å². The van der Waals surface area contributed by atoms with Gasteiger partial charge in [0, 0.05) is 0 Å². The third-order valence-corrected chi connectivity index (χ3v) is 2.30. The number of carbonyl (C=O) groups is 1. The van der Waals surface area contributed by atoms with Gasteiger partial charge in [0.2, 0.25) is 5.76 Å². The largest absolute Gasteiger partial charge is 0.438 e. The van der Waals surface area contributed by atoms with Crippen LogP contribution in [0.3, 0.4) is 0 Å². The number of anilines is 1. The number of rotatable bonds is 2. The van der Waals surface area contributed by atoms with Crippen molar-refractivity contribution < 1.29 is 13.6 Å². The molecule has 2 aromatic rings. The minimum absolute atomic E-state index is 0.0187. The molecule has 0 fully saturated rings. The second-order valence-electron chi connectivity index (χ2n) is 3.53. The van der Waals surface area contributed by atoms with Gasteiger partial charge >= 0.3 is 0 Å². The molecule has 1 amide bonds. The Bertz CT molecular complexity index is 643. The van der Waals surface area contributed by atoms with Crippen LogP contribution in [-0.2, 0) is 0 Å². The molecule has 6 heteroatoms. The number of halogens is 1. The predicted molar refractivity (Wildman–Crippen MR) is 60.3 cm³/mol. The first-order chi connectivity index (χ1) is 8.61. The van der Waals surface area contributed by atoms with E-state index in [1.165, 1.54) is 12.1 Å². The lowest BCUT2D eigenvalue weighted by molar-refractivity contribution is 0.0995. The molecule has 0 aliphatic heterocycles. The molecule has 0 aliphatic rings. The molecule has 0 radical (unpaired) electrons. The van der Waals surface area contributed by atoms with Crippen LogP contribution in [0.2, 0.25) is 0 Å². The van der Waals surface area contributed by atoms with Gasteiger partial charge in [-0.1, -0.05) is 0 Å². The topological polar surface area (TPSA) is 78.9 Å². The maximum atomic E-state index is 13.5. The summed E-state index contributed by atoms with van der Waals surface area (Å²) in [4.78, 5) is 15.5. The van der Waals surface area contributed by atoms with Gasteiger partial charge in [0.05, 0.1) is 23.0 Å². The Balaban J connectivity index is 2.23. The van der Waals surface area contributed by atoms with Crippen LogP contribution in [0.25, 0.3) is 0 Å². The van der Waals surface area contributed by atoms with Crippen LogP contribution in [0.1, 0.15) is 21.8 Å². The number of nitrogens with one attached hydrogen (secondary N) is 1. The lowest BCUT2D eigenvalue weighted by Crippen LogP contribution is -2.13. The van der Waals surface area contributed by atoms with Gasteiger partial charge in [-0.3, -0.25) is 4.79 Å². The highest BCUT2D eigenvalue weighted by atomic mass is 19.1. The fraction of sp³-hybridized carbons (Fsp3) is 0.0833. The summed E-state index contributed by atoms with van der Waals surface area (Å²) in [6, 6.07) is 5.57. The molecule has 0 saturated heterocycles. The first-order valence-corrected chi connectivity index (χ1v) is 5.03. The van der Waals surface area contributed by atoms with E-state index in [-0.39, 0.29) is 17.0 Å². The smallest absolute Gasteiger partial charge is 0.293 e. The molecule has 0 bridgehead atoms. The zero-order valence-corrected chi connectivity index (χ0v) is 9.40. The van der Waals surface area contributed by atoms with Gasteiger partial charge in [0.1, 0.15) is 5.82 Å². The normalized spacial score (nSPS) is 9.83. The molecule has 1 heterocycles. The quantitative estimate of drug-likeness (QED) is 0.879. The number of nitriles is 1. The standard InChI is InChI=1S/C12H8FN3O2/c1-7-11(18-6-15-7)12(17)16-10-3-2-8(5-14)4-9(10)13/h2-4,6H,1H3,(H,16,17). The van der Waals surface area contributed by atoms with Crippen molar-refractivity contribution in [2.75, 3.05) is 5.32 Å². The van der Waals surface area contributed by atoms with Crippen molar-refractivity contribution >= 4 is 11.6 Å². The molecule has 1 aromatic heterocycles. The molecule has 2 rings (SSSR count). The maximum absolute atomic E-state index is 13.5. The Morgan fingerprint density at radius 2 is 2.33 bits per heavy atom. The number of amides is 1. The van der Waals surface area contributed by atoms with Gasteiger partial charge in [0.15, 0.2) is 6.39 Å². The van der Waals surface area contributed by atoms with Crippen molar-refractivity contribution in [1.82, 2.24) is 4.98 Å². The van der Waals surface area contributed by atoms with Crippen molar-refractivity contribution in [2.24, 2.45) is 0 Å². The third-order valence-electron chi connectivity index (χ3n) is 2.30. The number of carbonyl (C=O) groups excluding carboxylic acids is 1. The summed E-state index contributed by atoms with van der Waals surface area (Å²) < 4.78 is 18.4. The summed E-state index contributed by atoms with van der Waals surface area (Å²) in [7, 11) is 0. The summed E-state index contributed by atoms with van der Waals surface area (Å²) in [5, 5.41) is 10.9. The minimum Gasteiger partial charge on any atom is -0.438 e. The van der Waals surface area contributed by atoms with Gasteiger partial charge < -0.3 is 9.73 Å². The Morgan fingerprint density at radius 1 is 1.56 bits per heavy atom. The number of hydrogen-bond acceptors (Lipinski definition) is 4. The molecule has 0 atom stereocenters. The molecule has 1 N–H and O–H groups in total. The van der Waals surface area contributed by atoms with Crippen LogP contribution in [0, 0.1) is 24.1 Å². The highest BCUT2D eigenvalue weighted by molar-refractivity contribution is 6.02. The van der Waals surface area contributed by atoms with E-state index >= 15 is 0 Å². The summed E-state index contributed by atoms with van der Waals surface area (Å²) in [5.41, 5.74) is 0.581. The predicted octanol–water partition coefficient (Wildman–Crippen LogP) is 2.25. The van der Waals surface area contributed by atoms with Crippen LogP contribution >= 0.6 is 0 Å². The van der Waals surface area contributed by atoms with Gasteiger partial charge in [0.25, 0.3) is 5.91 Å². The van der Waals surface area contributed by atoms with Crippen LogP contribution in [-0.4, -0.2) is 10.9 Å². The first kappa shape index (κ1) is 11.8. The van der Waals surface area contributed by atoms with Crippen LogP contribution in [0.15, 0.2) is 29.0 Å². The Hall–Kier alpha value is -2.68. The number of aryl methyl sites for hydroxylation is 1. The number of aromatic nitrogens is 1. The van der Waals surface area contributed by atoms with E-state index in [0.29, 0.717) is 5.69 Å². The number of oxazole rings is 1. The summed E-state index contributed by atoms with van der Waals surface area (Å²) in [5.74, 6) is -1.24. The highest BCUT2D eigenvalue weighted by Crippen LogP contribution is 2.17. The average molecular weight is 245 g/mol. The molecule has 90 valence electrons. The van der Waals surface area contributed by atoms with Crippen molar-refractivity contribution in [3.05, 3.63) is 47.4 Å². The lowest BCUT2D eigenvalue weighted by Gasteiger charge is -2.04. The van der Waals surface area contributed by atoms with Gasteiger partial charge in [-0.15, -0.1) is 0 Å². The van der Waals surface area contributed by atoms with Gasteiger partial charge in [-0.25, -0.2) is 9.37 Å². The van der Waals surface area contributed by atoms with Crippen molar-refractivity contribution in [1.29, 1.82) is 5.26 Å². The SMILES string of the molecule is Cc1ncoc1C(=O)Nc1ccc(C#N)cc1F. The highest BCUT2D eigenvalue weighted by Gasteiger charge is 2.15. The van der Waals surface area contributed by atoms with E-state index in [0.717, 1.165) is 12.5 Å². The van der Waals surface area contributed by atoms with Crippen LogP contribution < -0.4 is 5.32 Å². The van der Waals surface area contributed by atoms with E-state index in [1.54, 1.807) is 13.0 Å². The molecule has 0 spiro atoms.